The van der Waals surface area contributed by atoms with Gasteiger partial charge in [-0.1, -0.05) is 42.5 Å². The van der Waals surface area contributed by atoms with Crippen LogP contribution in [0.5, 0.6) is 17.2 Å². The molecule has 0 saturated carbocycles. The molecule has 1 aromatic heterocycles. The van der Waals surface area contributed by atoms with Crippen LogP contribution >= 0.6 is 11.8 Å². The Bertz CT molecular complexity index is 1300. The number of phenols is 1. The van der Waals surface area contributed by atoms with Crippen molar-refractivity contribution in [1.29, 1.82) is 0 Å². The van der Waals surface area contributed by atoms with Crippen LogP contribution in [0, 0.1) is 0 Å². The van der Waals surface area contributed by atoms with Gasteiger partial charge in [-0.2, -0.15) is 5.10 Å². The van der Waals surface area contributed by atoms with E-state index in [2.05, 4.69) is 38.3 Å². The summed E-state index contributed by atoms with van der Waals surface area (Å²) in [5, 5.41) is 14.9. The van der Waals surface area contributed by atoms with E-state index in [9.17, 15) is 9.90 Å². The Labute approximate surface area is 201 Å². The monoisotopic (exact) mass is 477 g/mol. The van der Waals surface area contributed by atoms with E-state index in [4.69, 9.17) is 9.47 Å². The molecule has 1 heterocycles. The first kappa shape index (κ1) is 23.2. The smallest absolute Gasteiger partial charge is 0.317 e. The van der Waals surface area contributed by atoms with Crippen molar-refractivity contribution in [2.75, 3.05) is 20.0 Å². The second kappa shape index (κ2) is 10.8. The summed E-state index contributed by atoms with van der Waals surface area (Å²) < 4.78 is 12.4. The standard InChI is InChI=1S/C25H24N4O4S/c1-32-21-12-18(13-22(33-2)24(21)31)14-26-28-23(30)16-34-25-27-19-10-6-7-11-20(19)29(25)15-17-8-4-3-5-9-17/h3-14H,15-16H2,1-2H3,(H2,26,28,30,31)/p+1. The number of H-pyrrole nitrogens is 1. The van der Waals surface area contributed by atoms with Crippen molar-refractivity contribution in [2.24, 2.45) is 5.10 Å². The van der Waals surface area contributed by atoms with E-state index in [0.717, 1.165) is 16.2 Å². The van der Waals surface area contributed by atoms with Gasteiger partial charge in [-0.3, -0.25) is 4.79 Å². The van der Waals surface area contributed by atoms with E-state index in [-0.39, 0.29) is 28.9 Å². The van der Waals surface area contributed by atoms with Crippen molar-refractivity contribution in [3.8, 4) is 17.2 Å². The molecule has 174 valence electrons. The number of aromatic nitrogens is 2. The fourth-order valence-electron chi connectivity index (χ4n) is 3.48. The van der Waals surface area contributed by atoms with Gasteiger partial charge >= 0.3 is 5.16 Å². The van der Waals surface area contributed by atoms with Gasteiger partial charge in [0.25, 0.3) is 5.91 Å². The summed E-state index contributed by atoms with van der Waals surface area (Å²) in [7, 11) is 2.89. The predicted octanol–water partition coefficient (Wildman–Crippen LogP) is 3.47. The van der Waals surface area contributed by atoms with Gasteiger partial charge in [-0.25, -0.2) is 15.0 Å². The first-order valence-electron chi connectivity index (χ1n) is 10.5. The molecule has 1 amide bonds. The minimum Gasteiger partial charge on any atom is -0.502 e. The molecule has 4 aromatic rings. The second-order valence-electron chi connectivity index (χ2n) is 7.37. The molecular weight excluding hydrogens is 452 g/mol. The SMILES string of the molecule is COc1cc(/C=N/NC(=O)CSc2[nH]c3ccccc3[n+]2Cc2ccccc2)cc(OC)c1O. The van der Waals surface area contributed by atoms with Crippen LogP contribution in [-0.2, 0) is 11.3 Å². The number of fused-ring (bicyclic) bond motifs is 1. The number of carbonyl (C=O) groups is 1. The third-order valence-electron chi connectivity index (χ3n) is 5.11. The zero-order valence-electron chi connectivity index (χ0n) is 18.8. The van der Waals surface area contributed by atoms with Gasteiger partial charge in [0, 0.05) is 5.56 Å². The van der Waals surface area contributed by atoms with Crippen molar-refractivity contribution >= 4 is 34.9 Å². The molecule has 3 N–H and O–H groups in total. The number of hydrogen-bond acceptors (Lipinski definition) is 6. The quantitative estimate of drug-likeness (QED) is 0.148. The molecule has 3 aromatic carbocycles. The molecule has 0 fully saturated rings. The first-order chi connectivity index (χ1) is 16.6. The highest BCUT2D eigenvalue weighted by Gasteiger charge is 2.20. The Morgan fingerprint density at radius 1 is 1.09 bits per heavy atom. The average molecular weight is 478 g/mol. The number of hydrazone groups is 1. The summed E-state index contributed by atoms with van der Waals surface area (Å²) >= 11 is 1.41. The first-order valence-corrected chi connectivity index (χ1v) is 11.5. The topological polar surface area (TPSA) is 99.8 Å². The number of aromatic amines is 1. The Balaban J connectivity index is 1.43. The van der Waals surface area contributed by atoms with Crippen LogP contribution < -0.4 is 19.5 Å². The number of benzene rings is 3. The molecule has 0 aliphatic rings. The lowest BCUT2D eigenvalue weighted by Gasteiger charge is -2.09. The number of nitrogens with zero attached hydrogens (tertiary/aromatic N) is 2. The molecule has 0 spiro atoms. The predicted molar refractivity (Wildman–Crippen MR) is 132 cm³/mol. The van der Waals surface area contributed by atoms with Crippen LogP contribution in [0.4, 0.5) is 0 Å². The lowest BCUT2D eigenvalue weighted by Crippen LogP contribution is -2.36. The molecule has 0 aliphatic heterocycles. The van der Waals surface area contributed by atoms with Crippen LogP contribution in [0.15, 0.2) is 77.0 Å². The van der Waals surface area contributed by atoms with Gasteiger partial charge in [0.2, 0.25) is 5.75 Å². The maximum absolute atomic E-state index is 12.4. The summed E-state index contributed by atoms with van der Waals surface area (Å²) in [6, 6.07) is 21.4. The third kappa shape index (κ3) is 5.32. The Morgan fingerprint density at radius 2 is 1.76 bits per heavy atom. The molecule has 8 nitrogen and oxygen atoms in total. The molecule has 9 heteroatoms. The van der Waals surface area contributed by atoms with Gasteiger partial charge in [0.1, 0.15) is 6.54 Å². The number of aromatic hydroxyl groups is 1. The number of para-hydroxylation sites is 2. The average Bonchev–Trinajstić information content (AvgIpc) is 3.21. The Kier molecular flexibility index (Phi) is 7.34. The largest absolute Gasteiger partial charge is 0.502 e. The lowest BCUT2D eigenvalue weighted by atomic mass is 10.2. The molecule has 0 bridgehead atoms. The van der Waals surface area contributed by atoms with E-state index in [1.165, 1.54) is 37.8 Å². The number of imidazole rings is 1. The number of hydrogen-bond donors (Lipinski definition) is 3. The van der Waals surface area contributed by atoms with Gasteiger partial charge in [0.05, 0.1) is 26.2 Å². The molecule has 0 unspecified atom stereocenters. The van der Waals surface area contributed by atoms with Crippen LogP contribution in [0.1, 0.15) is 11.1 Å². The van der Waals surface area contributed by atoms with Gasteiger partial charge in [-0.05, 0) is 41.6 Å². The summed E-state index contributed by atoms with van der Waals surface area (Å²) in [6.07, 6.45) is 1.46. The summed E-state index contributed by atoms with van der Waals surface area (Å²) in [5.41, 5.74) is 6.40. The molecule has 0 saturated heterocycles. The fourth-order valence-corrected chi connectivity index (χ4v) is 4.31. The van der Waals surface area contributed by atoms with E-state index < -0.39 is 0 Å². The molecule has 0 atom stereocenters. The number of thioether (sulfide) groups is 1. The van der Waals surface area contributed by atoms with Gasteiger partial charge in [-0.15, -0.1) is 0 Å². The van der Waals surface area contributed by atoms with E-state index in [0.29, 0.717) is 12.1 Å². The minimum absolute atomic E-state index is 0.0928. The van der Waals surface area contributed by atoms with Crippen molar-refractivity contribution in [3.05, 3.63) is 77.9 Å². The Hall–Kier alpha value is -3.98. The van der Waals surface area contributed by atoms with Gasteiger partial charge < -0.3 is 14.6 Å². The Morgan fingerprint density at radius 3 is 2.47 bits per heavy atom. The molecule has 34 heavy (non-hydrogen) atoms. The maximum atomic E-state index is 12.4. The third-order valence-corrected chi connectivity index (χ3v) is 6.11. The highest BCUT2D eigenvalue weighted by Crippen LogP contribution is 2.36. The molecule has 4 rings (SSSR count). The number of rotatable bonds is 9. The van der Waals surface area contributed by atoms with Crippen molar-refractivity contribution in [1.82, 2.24) is 10.4 Å². The fraction of sp³-hybridized carbons (Fsp3) is 0.160. The summed E-state index contributed by atoms with van der Waals surface area (Å²) in [5.74, 6) is 0.351. The number of amides is 1. The van der Waals surface area contributed by atoms with E-state index >= 15 is 0 Å². The zero-order chi connectivity index (χ0) is 23.9. The van der Waals surface area contributed by atoms with Crippen molar-refractivity contribution < 1.29 is 23.9 Å². The van der Waals surface area contributed by atoms with E-state index in [1.807, 2.05) is 36.4 Å². The maximum Gasteiger partial charge on any atom is 0.317 e. The highest BCUT2D eigenvalue weighted by molar-refractivity contribution is 7.99. The number of methoxy groups -OCH3 is 2. The highest BCUT2D eigenvalue weighted by atomic mass is 32.2. The lowest BCUT2D eigenvalue weighted by molar-refractivity contribution is -0.700. The van der Waals surface area contributed by atoms with Crippen LogP contribution in [0.25, 0.3) is 11.0 Å². The van der Waals surface area contributed by atoms with Crippen molar-refractivity contribution in [2.45, 2.75) is 11.7 Å². The molecule has 0 aliphatic carbocycles. The number of phenolic OH excluding ortho intramolecular Hbond substituents is 1. The van der Waals surface area contributed by atoms with E-state index in [1.54, 1.807) is 12.1 Å². The number of carbonyl (C=O) groups excluding carboxylic acids is 1. The number of nitrogens with one attached hydrogen (secondary N) is 2. The second-order valence-corrected chi connectivity index (χ2v) is 8.34. The normalized spacial score (nSPS) is 11.1. The zero-order valence-corrected chi connectivity index (χ0v) is 19.6. The number of ether oxygens (including phenoxy) is 2. The van der Waals surface area contributed by atoms with Crippen LogP contribution in [0.2, 0.25) is 0 Å². The molecular formula is C25H25N4O4S+. The summed E-state index contributed by atoms with van der Waals surface area (Å²) in [6.45, 7) is 0.692. The summed E-state index contributed by atoms with van der Waals surface area (Å²) in [4.78, 5) is 15.8. The van der Waals surface area contributed by atoms with Crippen molar-refractivity contribution in [3.63, 3.8) is 0 Å². The van der Waals surface area contributed by atoms with Crippen LogP contribution in [0.3, 0.4) is 0 Å². The van der Waals surface area contributed by atoms with Gasteiger partial charge in [0.15, 0.2) is 22.5 Å². The molecule has 0 radical (unpaired) electrons. The van der Waals surface area contributed by atoms with Crippen LogP contribution in [-0.4, -0.2) is 42.2 Å². The minimum atomic E-state index is -0.246.